The Hall–Kier alpha value is -2.62. The molecule has 172 valence electrons. The van der Waals surface area contributed by atoms with Crippen LogP contribution in [0.3, 0.4) is 0 Å². The second-order valence-corrected chi connectivity index (χ2v) is 8.61. The zero-order valence-corrected chi connectivity index (χ0v) is 18.6. The van der Waals surface area contributed by atoms with Crippen molar-refractivity contribution in [2.75, 3.05) is 86.5 Å². The fourth-order valence-electron chi connectivity index (χ4n) is 4.81. The lowest BCUT2D eigenvalue weighted by Crippen LogP contribution is -2.49. The van der Waals surface area contributed by atoms with Crippen molar-refractivity contribution in [3.63, 3.8) is 0 Å². The van der Waals surface area contributed by atoms with Crippen LogP contribution in [0.4, 0.5) is 29.0 Å². The van der Waals surface area contributed by atoms with Gasteiger partial charge in [0.15, 0.2) is 0 Å². The molecule has 3 saturated heterocycles. The highest BCUT2D eigenvalue weighted by Crippen LogP contribution is 2.26. The van der Waals surface area contributed by atoms with Crippen LogP contribution in [0.15, 0.2) is 30.3 Å². The third-order valence-corrected chi connectivity index (χ3v) is 6.60. The molecule has 0 atom stereocenters. The van der Waals surface area contributed by atoms with Crippen LogP contribution >= 0.6 is 0 Å². The number of ether oxygens (including phenoxy) is 2. The molecule has 0 bridgehead atoms. The van der Waals surface area contributed by atoms with Gasteiger partial charge in [0, 0.05) is 62.8 Å². The molecule has 3 fully saturated rings. The van der Waals surface area contributed by atoms with Crippen molar-refractivity contribution in [1.82, 2.24) is 14.9 Å². The number of piperidine rings is 1. The minimum absolute atomic E-state index is 0.297. The molecule has 1 aromatic heterocycles. The molecule has 0 saturated carbocycles. The first-order valence-corrected chi connectivity index (χ1v) is 11.7. The summed E-state index contributed by atoms with van der Waals surface area (Å²) in [4.78, 5) is 16.2. The monoisotopic (exact) mass is 439 g/mol. The minimum atomic E-state index is 0.297. The minimum Gasteiger partial charge on any atom is -0.379 e. The molecular weight excluding hydrogens is 406 g/mol. The average Bonchev–Trinajstić information content (AvgIpc) is 2.85. The van der Waals surface area contributed by atoms with Crippen molar-refractivity contribution < 1.29 is 9.47 Å². The lowest BCUT2D eigenvalue weighted by atomic mass is 10.0. The van der Waals surface area contributed by atoms with E-state index in [0.717, 1.165) is 95.9 Å². The number of rotatable bonds is 5. The van der Waals surface area contributed by atoms with Gasteiger partial charge in [0.25, 0.3) is 0 Å². The van der Waals surface area contributed by atoms with Gasteiger partial charge in [-0.05, 0) is 37.1 Å². The summed E-state index contributed by atoms with van der Waals surface area (Å²) in [5, 5.41) is 3.39. The van der Waals surface area contributed by atoms with Gasteiger partial charge in [0.2, 0.25) is 5.95 Å². The standard InChI is InChI=1S/C23H33N7O2/c24-23-26-21(25-18-1-3-19(4-2-18)28-9-13-31-14-10-28)17-22(27-23)30-7-5-20(6-8-30)29-11-15-32-16-12-29/h1-4,17,20H,5-16H2,(H3,24,25,26,27). The van der Waals surface area contributed by atoms with E-state index >= 15 is 0 Å². The van der Waals surface area contributed by atoms with E-state index in [1.165, 1.54) is 5.69 Å². The molecule has 9 nitrogen and oxygen atoms in total. The second-order valence-electron chi connectivity index (χ2n) is 8.61. The maximum absolute atomic E-state index is 6.06. The summed E-state index contributed by atoms with van der Waals surface area (Å²) >= 11 is 0. The van der Waals surface area contributed by atoms with Crippen LogP contribution in [0, 0.1) is 0 Å². The highest BCUT2D eigenvalue weighted by atomic mass is 16.5. The van der Waals surface area contributed by atoms with Crippen molar-refractivity contribution in [2.45, 2.75) is 18.9 Å². The fourth-order valence-corrected chi connectivity index (χ4v) is 4.81. The summed E-state index contributed by atoms with van der Waals surface area (Å²) in [6.45, 7) is 9.18. The number of nitrogens with zero attached hydrogens (tertiary/aromatic N) is 5. The average molecular weight is 440 g/mol. The molecule has 3 aliphatic heterocycles. The number of aromatic nitrogens is 2. The molecule has 0 spiro atoms. The third kappa shape index (κ3) is 5.06. The number of morpholine rings is 2. The number of hydrogen-bond donors (Lipinski definition) is 2. The zero-order chi connectivity index (χ0) is 21.8. The first-order valence-electron chi connectivity index (χ1n) is 11.7. The van der Waals surface area contributed by atoms with Gasteiger partial charge in [0.1, 0.15) is 11.6 Å². The predicted molar refractivity (Wildman–Crippen MR) is 127 cm³/mol. The van der Waals surface area contributed by atoms with Gasteiger partial charge in [-0.1, -0.05) is 0 Å². The van der Waals surface area contributed by atoms with Gasteiger partial charge in [-0.2, -0.15) is 9.97 Å². The maximum atomic E-state index is 6.06. The van der Waals surface area contributed by atoms with Gasteiger partial charge < -0.3 is 30.3 Å². The molecule has 32 heavy (non-hydrogen) atoms. The number of hydrogen-bond acceptors (Lipinski definition) is 9. The topological polar surface area (TPSA) is 92.0 Å². The normalized spacial score (nSPS) is 21.0. The van der Waals surface area contributed by atoms with E-state index in [1.807, 2.05) is 6.07 Å². The Labute approximate surface area is 189 Å². The molecule has 4 heterocycles. The predicted octanol–water partition coefficient (Wildman–Crippen LogP) is 1.94. The highest BCUT2D eigenvalue weighted by Gasteiger charge is 2.26. The largest absolute Gasteiger partial charge is 0.379 e. The molecule has 0 radical (unpaired) electrons. The first-order chi connectivity index (χ1) is 15.7. The van der Waals surface area contributed by atoms with Crippen LogP contribution in [-0.4, -0.2) is 86.6 Å². The SMILES string of the molecule is Nc1nc(Nc2ccc(N3CCOCC3)cc2)cc(N2CCC(N3CCOCC3)CC2)n1. The molecule has 3 N–H and O–H groups in total. The molecule has 5 rings (SSSR count). The summed E-state index contributed by atoms with van der Waals surface area (Å²) < 4.78 is 10.9. The van der Waals surface area contributed by atoms with Crippen molar-refractivity contribution in [2.24, 2.45) is 0 Å². The van der Waals surface area contributed by atoms with E-state index in [4.69, 9.17) is 15.2 Å². The summed E-state index contributed by atoms with van der Waals surface area (Å²) in [7, 11) is 0. The van der Waals surface area contributed by atoms with Crippen LogP contribution in [0.2, 0.25) is 0 Å². The molecule has 2 aromatic rings. The molecule has 9 heteroatoms. The Bertz CT molecular complexity index is 874. The Kier molecular flexibility index (Phi) is 6.56. The summed E-state index contributed by atoms with van der Waals surface area (Å²) in [5.74, 6) is 1.91. The van der Waals surface area contributed by atoms with Crippen molar-refractivity contribution >= 4 is 29.0 Å². The number of nitrogens with two attached hydrogens (primary N) is 1. The lowest BCUT2D eigenvalue weighted by Gasteiger charge is -2.40. The van der Waals surface area contributed by atoms with Crippen LogP contribution in [0.1, 0.15) is 12.8 Å². The Morgan fingerprint density at radius 2 is 1.47 bits per heavy atom. The Morgan fingerprint density at radius 3 is 2.16 bits per heavy atom. The van der Waals surface area contributed by atoms with E-state index in [1.54, 1.807) is 0 Å². The fraction of sp³-hybridized carbons (Fsp3) is 0.565. The Morgan fingerprint density at radius 1 is 0.812 bits per heavy atom. The van der Waals surface area contributed by atoms with Crippen molar-refractivity contribution in [1.29, 1.82) is 0 Å². The highest BCUT2D eigenvalue weighted by molar-refractivity contribution is 5.64. The van der Waals surface area contributed by atoms with E-state index in [-0.39, 0.29) is 0 Å². The number of nitrogen functional groups attached to an aromatic ring is 1. The van der Waals surface area contributed by atoms with Crippen molar-refractivity contribution in [3.05, 3.63) is 30.3 Å². The quantitative estimate of drug-likeness (QED) is 0.725. The van der Waals surface area contributed by atoms with Crippen molar-refractivity contribution in [3.8, 4) is 0 Å². The second kappa shape index (κ2) is 9.89. The number of nitrogens with one attached hydrogen (secondary N) is 1. The van der Waals surface area contributed by atoms with E-state index in [2.05, 4.69) is 54.2 Å². The van der Waals surface area contributed by atoms with Crippen LogP contribution in [0.5, 0.6) is 0 Å². The van der Waals surface area contributed by atoms with E-state index < -0.39 is 0 Å². The van der Waals surface area contributed by atoms with Crippen LogP contribution < -0.4 is 20.9 Å². The molecular formula is C23H33N7O2. The van der Waals surface area contributed by atoms with E-state index in [9.17, 15) is 0 Å². The maximum Gasteiger partial charge on any atom is 0.223 e. The van der Waals surface area contributed by atoms with Crippen LogP contribution in [0.25, 0.3) is 0 Å². The molecule has 0 aliphatic carbocycles. The summed E-state index contributed by atoms with van der Waals surface area (Å²) in [5.41, 5.74) is 8.25. The van der Waals surface area contributed by atoms with Gasteiger partial charge in [0.05, 0.1) is 26.4 Å². The summed E-state index contributed by atoms with van der Waals surface area (Å²) in [6, 6.07) is 11.1. The van der Waals surface area contributed by atoms with E-state index in [0.29, 0.717) is 12.0 Å². The summed E-state index contributed by atoms with van der Waals surface area (Å²) in [6.07, 6.45) is 2.27. The number of benzene rings is 1. The first kappa shape index (κ1) is 21.2. The van der Waals surface area contributed by atoms with Gasteiger partial charge >= 0.3 is 0 Å². The third-order valence-electron chi connectivity index (χ3n) is 6.60. The smallest absolute Gasteiger partial charge is 0.223 e. The molecule has 1 aromatic carbocycles. The number of anilines is 5. The van der Waals surface area contributed by atoms with Crippen LogP contribution in [-0.2, 0) is 9.47 Å². The Balaban J connectivity index is 1.21. The van der Waals surface area contributed by atoms with Gasteiger partial charge in [-0.3, -0.25) is 4.90 Å². The van der Waals surface area contributed by atoms with Gasteiger partial charge in [-0.15, -0.1) is 0 Å². The van der Waals surface area contributed by atoms with Gasteiger partial charge in [-0.25, -0.2) is 0 Å². The molecule has 0 amide bonds. The molecule has 3 aliphatic rings. The lowest BCUT2D eigenvalue weighted by molar-refractivity contribution is 0.0115. The zero-order valence-electron chi connectivity index (χ0n) is 18.6. The molecule has 0 unspecified atom stereocenters.